The Morgan fingerprint density at radius 1 is 1.39 bits per heavy atom. The number of benzene rings is 1. The van der Waals surface area contributed by atoms with E-state index < -0.39 is 0 Å². The van der Waals surface area contributed by atoms with Crippen LogP contribution in [0.3, 0.4) is 0 Å². The Kier molecular flexibility index (Phi) is 3.80. The van der Waals surface area contributed by atoms with Gasteiger partial charge in [-0.15, -0.1) is 0 Å². The first-order valence-corrected chi connectivity index (χ1v) is 6.37. The predicted octanol–water partition coefficient (Wildman–Crippen LogP) is 2.78. The van der Waals surface area contributed by atoms with Crippen LogP contribution in [0.15, 0.2) is 18.2 Å². The Morgan fingerprint density at radius 2 is 2.17 bits per heavy atom. The Morgan fingerprint density at radius 3 is 2.83 bits per heavy atom. The number of carbonyl (C=O) groups is 2. The van der Waals surface area contributed by atoms with E-state index in [1.807, 2.05) is 18.2 Å². The molecule has 1 radical (unpaired) electrons. The third-order valence-corrected chi connectivity index (χ3v) is 3.33. The normalized spacial score (nSPS) is 13.6. The van der Waals surface area contributed by atoms with E-state index in [9.17, 15) is 9.59 Å². The van der Waals surface area contributed by atoms with E-state index in [1.165, 1.54) is 0 Å². The summed E-state index contributed by atoms with van der Waals surface area (Å²) in [5.74, 6) is 0.229. The van der Waals surface area contributed by atoms with Gasteiger partial charge in [0.25, 0.3) is 0 Å². The minimum absolute atomic E-state index is 0.0601. The van der Waals surface area contributed by atoms with Crippen LogP contribution in [0.25, 0.3) is 0 Å². The fourth-order valence-electron chi connectivity index (χ4n) is 2.33. The molecule has 0 saturated carbocycles. The molecule has 0 spiro atoms. The molecule has 0 unspecified atom stereocenters. The van der Waals surface area contributed by atoms with Gasteiger partial charge in [-0.2, -0.15) is 0 Å². The van der Waals surface area contributed by atoms with Gasteiger partial charge in [0.1, 0.15) is 0 Å². The van der Waals surface area contributed by atoms with Crippen molar-refractivity contribution < 1.29 is 9.59 Å². The molecule has 1 heterocycles. The predicted molar refractivity (Wildman–Crippen MR) is 71.7 cm³/mol. The maximum atomic E-state index is 11.9. The van der Waals surface area contributed by atoms with Gasteiger partial charge >= 0.3 is 0 Å². The van der Waals surface area contributed by atoms with Gasteiger partial charge in [-0.3, -0.25) is 9.59 Å². The molecule has 1 aliphatic heterocycles. The number of unbranched alkanes of at least 4 members (excludes halogenated alkanes) is 1. The fourth-order valence-corrected chi connectivity index (χ4v) is 2.33. The summed E-state index contributed by atoms with van der Waals surface area (Å²) in [5, 5.41) is 0. The minimum atomic E-state index is 0.0601. The van der Waals surface area contributed by atoms with E-state index in [-0.39, 0.29) is 11.7 Å². The summed E-state index contributed by atoms with van der Waals surface area (Å²) in [6, 6.07) is 5.65. The average Bonchev–Trinajstić information content (AvgIpc) is 2.78. The quantitative estimate of drug-likeness (QED) is 0.764. The van der Waals surface area contributed by atoms with Gasteiger partial charge in [0.05, 0.1) is 0 Å². The lowest BCUT2D eigenvalue weighted by molar-refractivity contribution is -0.116. The molecule has 0 aliphatic carbocycles. The number of hydrogen-bond acceptors (Lipinski definition) is 2. The van der Waals surface area contributed by atoms with Crippen molar-refractivity contribution in [1.29, 1.82) is 0 Å². The number of carbonyl (C=O) groups excluding carboxylic acids is 2. The molecular formula is C15H18NO2. The van der Waals surface area contributed by atoms with E-state index in [0.29, 0.717) is 6.42 Å². The van der Waals surface area contributed by atoms with E-state index in [2.05, 4.69) is 6.92 Å². The molecule has 1 amide bonds. The maximum Gasteiger partial charge on any atom is 0.223 e. The highest BCUT2D eigenvalue weighted by Crippen LogP contribution is 2.29. The van der Waals surface area contributed by atoms with Crippen molar-refractivity contribution in [3.8, 4) is 0 Å². The second-order valence-electron chi connectivity index (χ2n) is 4.64. The molecule has 0 aromatic heterocycles. The third kappa shape index (κ3) is 2.45. The number of nitrogens with zero attached hydrogens (tertiary/aromatic N) is 1. The molecule has 0 fully saturated rings. The van der Waals surface area contributed by atoms with Gasteiger partial charge in [0.15, 0.2) is 5.78 Å². The van der Waals surface area contributed by atoms with E-state index in [4.69, 9.17) is 0 Å². The van der Waals surface area contributed by atoms with Crippen LogP contribution in [0, 0.1) is 6.92 Å². The van der Waals surface area contributed by atoms with Crippen molar-refractivity contribution in [2.24, 2.45) is 0 Å². The molecule has 1 aromatic carbocycles. The van der Waals surface area contributed by atoms with Crippen molar-refractivity contribution in [3.05, 3.63) is 36.2 Å². The highest BCUT2D eigenvalue weighted by atomic mass is 16.2. The van der Waals surface area contributed by atoms with Crippen molar-refractivity contribution in [1.82, 2.24) is 0 Å². The SMILES string of the molecule is [CH2]CCCC(=O)c1ccc2c(c1)CCN2C(C)=O. The summed E-state index contributed by atoms with van der Waals surface area (Å²) >= 11 is 0. The summed E-state index contributed by atoms with van der Waals surface area (Å²) < 4.78 is 0. The van der Waals surface area contributed by atoms with Gasteiger partial charge in [0.2, 0.25) is 5.91 Å². The van der Waals surface area contributed by atoms with Gasteiger partial charge in [-0.25, -0.2) is 0 Å². The maximum absolute atomic E-state index is 11.9. The number of rotatable bonds is 4. The first kappa shape index (κ1) is 12.8. The Bertz CT molecular complexity index is 479. The molecule has 0 saturated heterocycles. The second kappa shape index (κ2) is 5.34. The molecule has 95 valence electrons. The molecule has 1 aromatic rings. The van der Waals surface area contributed by atoms with Crippen LogP contribution < -0.4 is 4.90 Å². The zero-order chi connectivity index (χ0) is 13.1. The van der Waals surface area contributed by atoms with E-state index in [1.54, 1.807) is 11.8 Å². The number of fused-ring (bicyclic) bond motifs is 1. The van der Waals surface area contributed by atoms with Crippen LogP contribution in [0.4, 0.5) is 5.69 Å². The van der Waals surface area contributed by atoms with Gasteiger partial charge in [-0.05, 0) is 36.6 Å². The fraction of sp³-hybridized carbons (Fsp3) is 0.400. The highest BCUT2D eigenvalue weighted by molar-refractivity contribution is 5.98. The minimum Gasteiger partial charge on any atom is -0.312 e. The molecule has 3 heteroatoms. The van der Waals surface area contributed by atoms with Crippen molar-refractivity contribution in [2.75, 3.05) is 11.4 Å². The standard InChI is InChI=1S/C15H18NO2/c1-3-4-5-15(18)13-6-7-14-12(10-13)8-9-16(14)11(2)17/h6-7,10H,1,3-5,8-9H2,2H3. The zero-order valence-electron chi connectivity index (χ0n) is 10.7. The monoisotopic (exact) mass is 244 g/mol. The molecule has 2 rings (SSSR count). The van der Waals surface area contributed by atoms with Crippen LogP contribution in [0.5, 0.6) is 0 Å². The first-order chi connectivity index (χ1) is 8.63. The smallest absolute Gasteiger partial charge is 0.223 e. The molecule has 3 nitrogen and oxygen atoms in total. The second-order valence-corrected chi connectivity index (χ2v) is 4.64. The summed E-state index contributed by atoms with van der Waals surface area (Å²) in [4.78, 5) is 25.1. The van der Waals surface area contributed by atoms with Crippen LogP contribution in [0.1, 0.15) is 42.1 Å². The third-order valence-electron chi connectivity index (χ3n) is 3.33. The lowest BCUT2D eigenvalue weighted by Gasteiger charge is -2.14. The summed E-state index contributed by atoms with van der Waals surface area (Å²) in [7, 11) is 0. The number of hydrogen-bond donors (Lipinski definition) is 0. The van der Waals surface area contributed by atoms with Crippen molar-refractivity contribution >= 4 is 17.4 Å². The number of Topliss-reactive ketones (excluding diaryl/α,β-unsaturated/α-hetero) is 1. The zero-order valence-corrected chi connectivity index (χ0v) is 10.7. The van der Waals surface area contributed by atoms with Gasteiger partial charge < -0.3 is 4.90 Å². The van der Waals surface area contributed by atoms with Crippen LogP contribution in [-0.4, -0.2) is 18.2 Å². The molecule has 18 heavy (non-hydrogen) atoms. The molecule has 1 aliphatic rings. The molecule has 0 bridgehead atoms. The summed E-state index contributed by atoms with van der Waals surface area (Å²) in [5.41, 5.74) is 2.81. The topological polar surface area (TPSA) is 37.4 Å². The van der Waals surface area contributed by atoms with Gasteiger partial charge in [-0.1, -0.05) is 13.3 Å². The number of anilines is 1. The number of amides is 1. The summed E-state index contributed by atoms with van der Waals surface area (Å²) in [6.45, 7) is 6.04. The lowest BCUT2D eigenvalue weighted by atomic mass is 10.0. The summed E-state index contributed by atoms with van der Waals surface area (Å²) in [6.07, 6.45) is 3.01. The average molecular weight is 244 g/mol. The lowest BCUT2D eigenvalue weighted by Crippen LogP contribution is -2.25. The van der Waals surface area contributed by atoms with E-state index in [0.717, 1.165) is 42.6 Å². The molecule has 0 atom stereocenters. The van der Waals surface area contributed by atoms with Crippen LogP contribution in [-0.2, 0) is 11.2 Å². The van der Waals surface area contributed by atoms with Gasteiger partial charge in [0, 0.05) is 31.1 Å². The van der Waals surface area contributed by atoms with Crippen molar-refractivity contribution in [3.63, 3.8) is 0 Å². The first-order valence-electron chi connectivity index (χ1n) is 6.37. The largest absolute Gasteiger partial charge is 0.312 e. The Balaban J connectivity index is 2.19. The Labute approximate surface area is 108 Å². The number of ketones is 1. The van der Waals surface area contributed by atoms with E-state index >= 15 is 0 Å². The molecule has 0 N–H and O–H groups in total. The van der Waals surface area contributed by atoms with Crippen LogP contribution in [0.2, 0.25) is 0 Å². The van der Waals surface area contributed by atoms with Crippen LogP contribution >= 0.6 is 0 Å². The Hall–Kier alpha value is -1.64. The molecular weight excluding hydrogens is 226 g/mol. The van der Waals surface area contributed by atoms with Crippen molar-refractivity contribution in [2.45, 2.75) is 32.6 Å². The highest BCUT2D eigenvalue weighted by Gasteiger charge is 2.22.